The summed E-state index contributed by atoms with van der Waals surface area (Å²) in [6.45, 7) is 7.03. The van der Waals surface area contributed by atoms with Gasteiger partial charge in [-0.05, 0) is 44.9 Å². The van der Waals surface area contributed by atoms with Crippen LogP contribution in [0.2, 0.25) is 0 Å². The molecule has 0 amide bonds. The molecule has 2 N–H and O–H groups in total. The molecule has 1 aliphatic rings. The average molecular weight is 373 g/mol. The van der Waals surface area contributed by atoms with Crippen molar-refractivity contribution in [2.45, 2.75) is 38.9 Å². The van der Waals surface area contributed by atoms with Gasteiger partial charge in [-0.2, -0.15) is 4.98 Å². The van der Waals surface area contributed by atoms with E-state index in [-0.39, 0.29) is 0 Å². The number of benzene rings is 1. The highest BCUT2D eigenvalue weighted by Crippen LogP contribution is 2.21. The van der Waals surface area contributed by atoms with Crippen molar-refractivity contribution >= 4 is 17.5 Å². The first-order valence-corrected chi connectivity index (χ1v) is 9.54. The lowest BCUT2D eigenvalue weighted by Crippen LogP contribution is -2.23. The van der Waals surface area contributed by atoms with E-state index in [0.717, 1.165) is 36.8 Å². The van der Waals surface area contributed by atoms with Crippen LogP contribution in [0.4, 0.5) is 21.8 Å². The van der Waals surface area contributed by atoms with Crippen molar-refractivity contribution in [3.63, 3.8) is 0 Å². The van der Waals surface area contributed by atoms with Crippen molar-refractivity contribution in [1.29, 1.82) is 0 Å². The van der Waals surface area contributed by atoms with Gasteiger partial charge in [0, 0.05) is 43.6 Å². The summed E-state index contributed by atoms with van der Waals surface area (Å²) in [6.07, 6.45) is 2.60. The molecule has 0 spiro atoms. The van der Waals surface area contributed by atoms with Crippen LogP contribution in [0, 0.1) is 0 Å². The second-order valence-corrected chi connectivity index (χ2v) is 7.11. The fourth-order valence-corrected chi connectivity index (χ4v) is 3.05. The number of anilines is 3. The highest BCUT2D eigenvalue weighted by Gasteiger charge is 2.20. The van der Waals surface area contributed by atoms with Gasteiger partial charge in [0.2, 0.25) is 5.95 Å². The van der Waals surface area contributed by atoms with Gasteiger partial charge in [0.15, 0.2) is 0 Å². The van der Waals surface area contributed by atoms with E-state index >= 15 is 0 Å². The zero-order chi connectivity index (χ0) is 19.1. The lowest BCUT2D eigenvalue weighted by Gasteiger charge is -2.15. The molecule has 2 heterocycles. The molecule has 0 bridgehead atoms. The predicted molar refractivity (Wildman–Crippen MR) is 107 cm³/mol. The van der Waals surface area contributed by atoms with E-state index in [1.165, 1.54) is 0 Å². The molecule has 1 aromatic carbocycles. The Morgan fingerprint density at radius 1 is 1.33 bits per heavy atom. The van der Waals surface area contributed by atoms with E-state index in [1.54, 1.807) is 6.20 Å². The molecule has 1 aromatic heterocycles. The number of likely N-dealkylation sites (tertiary alicyclic amines) is 1. The third-order valence-corrected chi connectivity index (χ3v) is 4.28. The molecule has 2 aromatic rings. The molecule has 1 fully saturated rings. The zero-order valence-electron chi connectivity index (χ0n) is 16.0. The molecule has 1 aliphatic heterocycles. The topological polar surface area (TPSA) is 62.3 Å². The summed E-state index contributed by atoms with van der Waals surface area (Å²) >= 11 is 0. The van der Waals surface area contributed by atoms with Crippen LogP contribution in [-0.4, -0.2) is 53.3 Å². The Kier molecular flexibility index (Phi) is 6.81. The maximum absolute atomic E-state index is 13.2. The van der Waals surface area contributed by atoms with Crippen molar-refractivity contribution in [2.75, 3.05) is 36.9 Å². The molecule has 7 heteroatoms. The average Bonchev–Trinajstić information content (AvgIpc) is 3.04. The van der Waals surface area contributed by atoms with Gasteiger partial charge in [0.1, 0.15) is 17.7 Å². The van der Waals surface area contributed by atoms with Gasteiger partial charge in [0.05, 0.1) is 6.61 Å². The Labute approximate surface area is 160 Å². The summed E-state index contributed by atoms with van der Waals surface area (Å²) in [6, 6.07) is 9.89. The Morgan fingerprint density at radius 3 is 3.00 bits per heavy atom. The monoisotopic (exact) mass is 373 g/mol. The summed E-state index contributed by atoms with van der Waals surface area (Å²) in [4.78, 5) is 10.9. The first-order chi connectivity index (χ1) is 13.1. The molecule has 1 unspecified atom stereocenters. The number of hydrogen-bond donors (Lipinski definition) is 2. The molecule has 0 radical (unpaired) electrons. The van der Waals surface area contributed by atoms with Crippen LogP contribution < -0.4 is 15.4 Å². The lowest BCUT2D eigenvalue weighted by molar-refractivity contribution is 0.248. The SMILES string of the molecule is CC(C)Nc1ccnc(Nc2cccc(OCCCN3CCC(F)C3)c2)n1. The van der Waals surface area contributed by atoms with Gasteiger partial charge < -0.3 is 20.3 Å². The number of halogens is 1. The Morgan fingerprint density at radius 2 is 2.22 bits per heavy atom. The van der Waals surface area contributed by atoms with Crippen LogP contribution in [0.1, 0.15) is 26.7 Å². The number of aromatic nitrogens is 2. The van der Waals surface area contributed by atoms with E-state index in [1.807, 2.05) is 30.3 Å². The van der Waals surface area contributed by atoms with Crippen molar-refractivity contribution in [1.82, 2.24) is 14.9 Å². The largest absolute Gasteiger partial charge is 0.493 e. The number of ether oxygens (including phenoxy) is 1. The number of rotatable bonds is 9. The van der Waals surface area contributed by atoms with Crippen LogP contribution in [0.25, 0.3) is 0 Å². The van der Waals surface area contributed by atoms with Crippen molar-refractivity contribution in [2.24, 2.45) is 0 Å². The quantitative estimate of drug-likeness (QED) is 0.651. The van der Waals surface area contributed by atoms with E-state index in [0.29, 0.717) is 31.6 Å². The number of nitrogens with one attached hydrogen (secondary N) is 2. The molecule has 6 nitrogen and oxygen atoms in total. The Hall–Kier alpha value is -2.41. The van der Waals surface area contributed by atoms with Crippen molar-refractivity contribution in [3.05, 3.63) is 36.5 Å². The molecule has 146 valence electrons. The summed E-state index contributed by atoms with van der Waals surface area (Å²) in [5.74, 6) is 2.11. The zero-order valence-corrected chi connectivity index (χ0v) is 16.0. The predicted octanol–water partition coefficient (Wildman–Crippen LogP) is 3.85. The molecular weight excluding hydrogens is 345 g/mol. The van der Waals surface area contributed by atoms with Crippen LogP contribution >= 0.6 is 0 Å². The van der Waals surface area contributed by atoms with Gasteiger partial charge in [-0.25, -0.2) is 9.37 Å². The highest BCUT2D eigenvalue weighted by molar-refractivity contribution is 5.57. The fraction of sp³-hybridized carbons (Fsp3) is 0.500. The maximum Gasteiger partial charge on any atom is 0.229 e. The summed E-state index contributed by atoms with van der Waals surface area (Å²) in [7, 11) is 0. The molecule has 27 heavy (non-hydrogen) atoms. The second kappa shape index (κ2) is 9.50. The van der Waals surface area contributed by atoms with E-state index in [4.69, 9.17) is 4.74 Å². The minimum absolute atomic E-state index is 0.306. The van der Waals surface area contributed by atoms with Crippen LogP contribution in [0.3, 0.4) is 0 Å². The fourth-order valence-electron chi connectivity index (χ4n) is 3.05. The maximum atomic E-state index is 13.2. The summed E-state index contributed by atoms with van der Waals surface area (Å²) in [5, 5.41) is 6.47. The van der Waals surface area contributed by atoms with Gasteiger partial charge in [0.25, 0.3) is 0 Å². The molecule has 0 saturated carbocycles. The van der Waals surface area contributed by atoms with Crippen LogP contribution in [-0.2, 0) is 0 Å². The molecular formula is C20H28FN5O. The second-order valence-electron chi connectivity index (χ2n) is 7.11. The molecule has 3 rings (SSSR count). The summed E-state index contributed by atoms with van der Waals surface area (Å²) < 4.78 is 19.0. The minimum Gasteiger partial charge on any atom is -0.493 e. The first-order valence-electron chi connectivity index (χ1n) is 9.54. The minimum atomic E-state index is -0.662. The van der Waals surface area contributed by atoms with Crippen LogP contribution in [0.15, 0.2) is 36.5 Å². The highest BCUT2D eigenvalue weighted by atomic mass is 19.1. The van der Waals surface area contributed by atoms with Gasteiger partial charge >= 0.3 is 0 Å². The molecule has 1 saturated heterocycles. The van der Waals surface area contributed by atoms with Gasteiger partial charge in [-0.15, -0.1) is 0 Å². The van der Waals surface area contributed by atoms with Crippen molar-refractivity contribution in [3.8, 4) is 5.75 Å². The van der Waals surface area contributed by atoms with Gasteiger partial charge in [-0.1, -0.05) is 6.07 Å². The van der Waals surface area contributed by atoms with Crippen molar-refractivity contribution < 1.29 is 9.13 Å². The third-order valence-electron chi connectivity index (χ3n) is 4.28. The normalized spacial score (nSPS) is 17.3. The Balaban J connectivity index is 1.48. The standard InChI is InChI=1S/C20H28FN5O/c1-15(2)23-19-7-9-22-20(25-19)24-17-5-3-6-18(13-17)27-12-4-10-26-11-8-16(21)14-26/h3,5-7,9,13,15-16H,4,8,10-12,14H2,1-2H3,(H2,22,23,24,25). The first kappa shape index (κ1) is 19.4. The number of nitrogens with zero attached hydrogens (tertiary/aromatic N) is 3. The van der Waals surface area contributed by atoms with E-state index < -0.39 is 6.17 Å². The van der Waals surface area contributed by atoms with E-state index in [9.17, 15) is 4.39 Å². The van der Waals surface area contributed by atoms with E-state index in [2.05, 4.69) is 39.3 Å². The number of alkyl halides is 1. The third kappa shape index (κ3) is 6.36. The molecule has 1 atom stereocenters. The Bertz CT molecular complexity index is 727. The molecule has 0 aliphatic carbocycles. The lowest BCUT2D eigenvalue weighted by atomic mass is 10.3. The summed E-state index contributed by atoms with van der Waals surface area (Å²) in [5.41, 5.74) is 0.869. The van der Waals surface area contributed by atoms with Gasteiger partial charge in [-0.3, -0.25) is 0 Å². The number of hydrogen-bond acceptors (Lipinski definition) is 6. The smallest absolute Gasteiger partial charge is 0.229 e. The van der Waals surface area contributed by atoms with Crippen LogP contribution in [0.5, 0.6) is 5.75 Å².